The fourth-order valence-corrected chi connectivity index (χ4v) is 2.50. The van der Waals surface area contributed by atoms with Crippen molar-refractivity contribution in [3.63, 3.8) is 0 Å². The molecule has 0 atom stereocenters. The fourth-order valence-electron chi connectivity index (χ4n) is 2.09. The van der Waals surface area contributed by atoms with E-state index < -0.39 is 5.69 Å². The Morgan fingerprint density at radius 2 is 1.56 bits per heavy atom. The third kappa shape index (κ3) is 8.53. The van der Waals surface area contributed by atoms with Gasteiger partial charge in [-0.05, 0) is 31.9 Å². The Kier molecular flexibility index (Phi) is 9.61. The lowest BCUT2D eigenvalue weighted by Crippen LogP contribution is -2.22. The zero-order valence-corrected chi connectivity index (χ0v) is 15.8. The second kappa shape index (κ2) is 11.5. The first-order valence-electron chi connectivity index (χ1n) is 8.45. The molecule has 25 heavy (non-hydrogen) atoms. The largest absolute Gasteiger partial charge is 0.325 e. The molecule has 7 nitrogen and oxygen atoms in total. The van der Waals surface area contributed by atoms with Crippen molar-refractivity contribution in [1.82, 2.24) is 19.9 Å². The summed E-state index contributed by atoms with van der Waals surface area (Å²) in [6.07, 6.45) is 7.81. The number of H-pyrrole nitrogens is 3. The van der Waals surface area contributed by atoms with E-state index in [0.717, 1.165) is 44.2 Å². The summed E-state index contributed by atoms with van der Waals surface area (Å²) in [6, 6.07) is 3.01. The van der Waals surface area contributed by atoms with Gasteiger partial charge in [-0.25, -0.2) is 9.78 Å². The van der Waals surface area contributed by atoms with Crippen molar-refractivity contribution in [2.24, 2.45) is 0 Å². The number of hydrogen-bond acceptors (Lipinski definition) is 5. The van der Waals surface area contributed by atoms with E-state index in [4.69, 9.17) is 0 Å². The summed E-state index contributed by atoms with van der Waals surface area (Å²) >= 11 is 1.46. The zero-order valence-electron chi connectivity index (χ0n) is 15.0. The van der Waals surface area contributed by atoms with Gasteiger partial charge in [-0.3, -0.25) is 14.6 Å². The minimum atomic E-state index is -0.423. The van der Waals surface area contributed by atoms with Crippen LogP contribution < -0.4 is 16.8 Å². The van der Waals surface area contributed by atoms with Crippen LogP contribution in [0.25, 0.3) is 0 Å². The molecule has 0 amide bonds. The van der Waals surface area contributed by atoms with Crippen LogP contribution in [0.4, 0.5) is 0 Å². The summed E-state index contributed by atoms with van der Waals surface area (Å²) in [7, 11) is 0. The van der Waals surface area contributed by atoms with Gasteiger partial charge < -0.3 is 9.97 Å². The molecule has 0 aliphatic rings. The van der Waals surface area contributed by atoms with Crippen molar-refractivity contribution in [3.8, 4) is 0 Å². The van der Waals surface area contributed by atoms with Gasteiger partial charge in [0.05, 0.1) is 0 Å². The van der Waals surface area contributed by atoms with E-state index in [9.17, 15) is 14.4 Å². The highest BCUT2D eigenvalue weighted by molar-refractivity contribution is 7.98. The van der Waals surface area contributed by atoms with E-state index in [1.54, 1.807) is 6.07 Å². The Labute approximate surface area is 150 Å². The average molecular weight is 366 g/mol. The van der Waals surface area contributed by atoms with Crippen molar-refractivity contribution in [2.75, 3.05) is 6.26 Å². The van der Waals surface area contributed by atoms with Gasteiger partial charge in [0.1, 0.15) is 0 Å². The second-order valence-electron chi connectivity index (χ2n) is 5.57. The van der Waals surface area contributed by atoms with Crippen LogP contribution in [0.15, 0.2) is 31.7 Å². The molecular formula is C17H26N4O3S. The normalized spacial score (nSPS) is 10.2. The van der Waals surface area contributed by atoms with Crippen molar-refractivity contribution < 1.29 is 0 Å². The number of aryl methyl sites for hydroxylation is 2. The molecule has 2 aromatic heterocycles. The van der Waals surface area contributed by atoms with Crippen LogP contribution in [0.1, 0.15) is 50.9 Å². The topological polar surface area (TPSA) is 111 Å². The number of nitrogens with zero attached hydrogens (tertiary/aromatic N) is 1. The predicted molar refractivity (Wildman–Crippen MR) is 102 cm³/mol. The molecule has 0 saturated heterocycles. The number of unbranched alkanes of at least 4 members (excludes halogenated alkanes) is 2. The number of rotatable bonds is 7. The van der Waals surface area contributed by atoms with Gasteiger partial charge >= 0.3 is 5.69 Å². The minimum Gasteiger partial charge on any atom is -0.311 e. The number of nitrogens with one attached hydrogen (secondary N) is 3. The maximum Gasteiger partial charge on any atom is 0.325 e. The summed E-state index contributed by atoms with van der Waals surface area (Å²) in [4.78, 5) is 44.3. The highest BCUT2D eigenvalue weighted by atomic mass is 32.2. The highest BCUT2D eigenvalue weighted by Crippen LogP contribution is 2.07. The molecular weight excluding hydrogens is 340 g/mol. The molecule has 0 fully saturated rings. The van der Waals surface area contributed by atoms with Gasteiger partial charge in [-0.2, -0.15) is 0 Å². The maximum absolute atomic E-state index is 11.1. The monoisotopic (exact) mass is 366 g/mol. The van der Waals surface area contributed by atoms with Crippen LogP contribution in [0.3, 0.4) is 0 Å². The van der Waals surface area contributed by atoms with Crippen LogP contribution in [-0.2, 0) is 12.8 Å². The quantitative estimate of drug-likeness (QED) is 0.514. The third-order valence-corrected chi connectivity index (χ3v) is 3.95. The number of aromatic nitrogens is 4. The van der Waals surface area contributed by atoms with Crippen LogP contribution >= 0.6 is 11.8 Å². The van der Waals surface area contributed by atoms with E-state index >= 15 is 0 Å². The minimum absolute atomic E-state index is 0.0505. The summed E-state index contributed by atoms with van der Waals surface area (Å²) < 4.78 is 0. The predicted octanol–water partition coefficient (Wildman–Crippen LogP) is 2.24. The molecule has 138 valence electrons. The lowest BCUT2D eigenvalue weighted by molar-refractivity contribution is 0.752. The second-order valence-corrected chi connectivity index (χ2v) is 6.36. The SMILES string of the molecule is CCCCc1cc(=O)[nH]c(=O)[nH]1.CCCCc1cc(=O)[nH]c(SC)n1. The van der Waals surface area contributed by atoms with Crippen molar-refractivity contribution in [3.05, 3.63) is 54.7 Å². The summed E-state index contributed by atoms with van der Waals surface area (Å²) in [6.45, 7) is 4.19. The maximum atomic E-state index is 11.1. The average Bonchev–Trinajstić information content (AvgIpc) is 2.57. The van der Waals surface area contributed by atoms with Gasteiger partial charge in [-0.15, -0.1) is 0 Å². The molecule has 0 saturated carbocycles. The van der Waals surface area contributed by atoms with Gasteiger partial charge in [0.2, 0.25) is 0 Å². The standard InChI is InChI=1S/C9H14N2OS.C8H12N2O2/c1-3-4-5-7-6-8(12)11-9(10-7)13-2;1-2-3-4-6-5-7(11)10-8(12)9-6/h6H,3-5H2,1-2H3,(H,10,11,12);5H,2-4H2,1H3,(H2,9,10,11,12). The first-order valence-corrected chi connectivity index (χ1v) is 9.67. The van der Waals surface area contributed by atoms with E-state index in [0.29, 0.717) is 10.9 Å². The first-order chi connectivity index (χ1) is 12.0. The Balaban J connectivity index is 0.000000251. The molecule has 0 spiro atoms. The molecule has 8 heteroatoms. The van der Waals surface area contributed by atoms with Crippen LogP contribution in [0.2, 0.25) is 0 Å². The van der Waals surface area contributed by atoms with Crippen LogP contribution in [-0.4, -0.2) is 26.2 Å². The van der Waals surface area contributed by atoms with Crippen molar-refractivity contribution in [2.45, 2.75) is 57.5 Å². The van der Waals surface area contributed by atoms with Crippen LogP contribution in [0.5, 0.6) is 0 Å². The lowest BCUT2D eigenvalue weighted by atomic mass is 10.2. The van der Waals surface area contributed by atoms with Gasteiger partial charge in [0.15, 0.2) is 5.16 Å². The smallest absolute Gasteiger partial charge is 0.311 e. The van der Waals surface area contributed by atoms with Crippen molar-refractivity contribution in [1.29, 1.82) is 0 Å². The van der Waals surface area contributed by atoms with Crippen LogP contribution in [0, 0.1) is 0 Å². The summed E-state index contributed by atoms with van der Waals surface area (Å²) in [5.41, 5.74) is 0.810. The Hall–Kier alpha value is -2.09. The Bertz CT molecular complexity index is 782. The number of thioether (sulfide) groups is 1. The number of hydrogen-bond donors (Lipinski definition) is 3. The molecule has 2 rings (SSSR count). The molecule has 2 aromatic rings. The third-order valence-electron chi connectivity index (χ3n) is 3.37. The first kappa shape index (κ1) is 21.0. The van der Waals surface area contributed by atoms with E-state index in [1.165, 1.54) is 17.8 Å². The molecule has 0 aliphatic carbocycles. The molecule has 0 bridgehead atoms. The van der Waals surface area contributed by atoms with E-state index in [2.05, 4.69) is 33.8 Å². The van der Waals surface area contributed by atoms with Gasteiger partial charge in [0, 0.05) is 23.5 Å². The summed E-state index contributed by atoms with van der Waals surface area (Å²) in [5.74, 6) is 0. The van der Waals surface area contributed by atoms with E-state index in [-0.39, 0.29) is 11.1 Å². The van der Waals surface area contributed by atoms with Gasteiger partial charge in [0.25, 0.3) is 11.1 Å². The van der Waals surface area contributed by atoms with Crippen molar-refractivity contribution >= 4 is 11.8 Å². The molecule has 0 unspecified atom stereocenters. The van der Waals surface area contributed by atoms with E-state index in [1.807, 2.05) is 6.26 Å². The van der Waals surface area contributed by atoms with Gasteiger partial charge in [-0.1, -0.05) is 38.5 Å². The lowest BCUT2D eigenvalue weighted by Gasteiger charge is -2.00. The molecule has 0 radical (unpaired) electrons. The molecule has 0 aromatic carbocycles. The Morgan fingerprint density at radius 1 is 0.920 bits per heavy atom. The summed E-state index contributed by atoms with van der Waals surface area (Å²) in [5, 5.41) is 0.707. The molecule has 0 aliphatic heterocycles. The highest BCUT2D eigenvalue weighted by Gasteiger charge is 1.99. The fraction of sp³-hybridized carbons (Fsp3) is 0.529. The zero-order chi connectivity index (χ0) is 18.7. The molecule has 3 N–H and O–H groups in total. The molecule has 2 heterocycles. The number of aromatic amines is 3. The Morgan fingerprint density at radius 3 is 2.16 bits per heavy atom.